The first-order chi connectivity index (χ1) is 10.5. The summed E-state index contributed by atoms with van der Waals surface area (Å²) in [6.45, 7) is 6.03. The van der Waals surface area contributed by atoms with E-state index in [-0.39, 0.29) is 24.4 Å². The monoisotopic (exact) mass is 298 g/mol. The van der Waals surface area contributed by atoms with Crippen molar-refractivity contribution in [3.63, 3.8) is 0 Å². The summed E-state index contributed by atoms with van der Waals surface area (Å²) in [5.74, 6) is -0.505. The van der Waals surface area contributed by atoms with Gasteiger partial charge in [-0.25, -0.2) is 0 Å². The molecule has 22 heavy (non-hydrogen) atoms. The van der Waals surface area contributed by atoms with Gasteiger partial charge in [-0.2, -0.15) is 0 Å². The predicted molar refractivity (Wildman–Crippen MR) is 85.8 cm³/mol. The molecule has 0 N–H and O–H groups in total. The molecule has 0 radical (unpaired) electrons. The SMILES string of the molecule is C[C@@H]1O[C@@H](Cc2ccc3ccccc3c2)[C@H]2OC(C)(C)O[C@H]21. The van der Waals surface area contributed by atoms with Crippen LogP contribution in [0.25, 0.3) is 10.8 Å². The van der Waals surface area contributed by atoms with E-state index in [1.807, 2.05) is 13.8 Å². The molecule has 4 rings (SSSR count). The van der Waals surface area contributed by atoms with Crippen LogP contribution in [0.2, 0.25) is 0 Å². The summed E-state index contributed by atoms with van der Waals surface area (Å²) >= 11 is 0. The zero-order valence-corrected chi connectivity index (χ0v) is 13.3. The maximum absolute atomic E-state index is 6.09. The van der Waals surface area contributed by atoms with Crippen LogP contribution in [0, 0.1) is 0 Å². The summed E-state index contributed by atoms with van der Waals surface area (Å²) in [5, 5.41) is 2.54. The molecule has 2 aromatic carbocycles. The topological polar surface area (TPSA) is 27.7 Å². The van der Waals surface area contributed by atoms with Crippen LogP contribution in [0.4, 0.5) is 0 Å². The standard InChI is InChI=1S/C19H22O3/c1-12-17-18(22-19(2,3)21-17)16(20-12)11-13-8-9-14-6-4-5-7-15(14)10-13/h4-10,12,16-18H,11H2,1-3H3/t12-,16-,17-,18+/m0/s1. The molecule has 2 aromatic rings. The van der Waals surface area contributed by atoms with E-state index in [1.54, 1.807) is 0 Å². The number of hydrogen-bond donors (Lipinski definition) is 0. The number of hydrogen-bond acceptors (Lipinski definition) is 3. The molecule has 2 aliphatic rings. The third kappa shape index (κ3) is 2.43. The average Bonchev–Trinajstić information content (AvgIpc) is 2.94. The minimum Gasteiger partial charge on any atom is -0.369 e. The lowest BCUT2D eigenvalue weighted by Gasteiger charge is -2.23. The third-order valence-electron chi connectivity index (χ3n) is 4.63. The number of rotatable bonds is 2. The van der Waals surface area contributed by atoms with Gasteiger partial charge in [0, 0.05) is 6.42 Å². The van der Waals surface area contributed by atoms with Gasteiger partial charge >= 0.3 is 0 Å². The molecular formula is C19H22O3. The fraction of sp³-hybridized carbons (Fsp3) is 0.474. The predicted octanol–water partition coefficient (Wildman–Crippen LogP) is 3.69. The highest BCUT2D eigenvalue weighted by Gasteiger charge is 2.53. The van der Waals surface area contributed by atoms with Crippen LogP contribution in [0.5, 0.6) is 0 Å². The molecule has 2 aliphatic heterocycles. The van der Waals surface area contributed by atoms with Crippen LogP contribution >= 0.6 is 0 Å². The highest BCUT2D eigenvalue weighted by molar-refractivity contribution is 5.82. The molecule has 0 spiro atoms. The van der Waals surface area contributed by atoms with Crippen molar-refractivity contribution in [3.8, 4) is 0 Å². The highest BCUT2D eigenvalue weighted by atomic mass is 16.8. The van der Waals surface area contributed by atoms with E-state index in [9.17, 15) is 0 Å². The molecule has 116 valence electrons. The van der Waals surface area contributed by atoms with Crippen LogP contribution in [0.3, 0.4) is 0 Å². The van der Waals surface area contributed by atoms with Crippen molar-refractivity contribution in [3.05, 3.63) is 48.0 Å². The number of fused-ring (bicyclic) bond motifs is 2. The van der Waals surface area contributed by atoms with Gasteiger partial charge in [-0.3, -0.25) is 0 Å². The van der Waals surface area contributed by atoms with E-state index in [0.29, 0.717) is 0 Å². The largest absolute Gasteiger partial charge is 0.369 e. The molecule has 0 unspecified atom stereocenters. The van der Waals surface area contributed by atoms with E-state index >= 15 is 0 Å². The van der Waals surface area contributed by atoms with E-state index in [4.69, 9.17) is 14.2 Å². The van der Waals surface area contributed by atoms with Gasteiger partial charge in [0.05, 0.1) is 12.2 Å². The molecular weight excluding hydrogens is 276 g/mol. The van der Waals surface area contributed by atoms with Crippen molar-refractivity contribution < 1.29 is 14.2 Å². The van der Waals surface area contributed by atoms with Crippen molar-refractivity contribution in [2.24, 2.45) is 0 Å². The fourth-order valence-corrected chi connectivity index (χ4v) is 3.66. The highest BCUT2D eigenvalue weighted by Crippen LogP contribution is 2.39. The third-order valence-corrected chi connectivity index (χ3v) is 4.63. The van der Waals surface area contributed by atoms with Gasteiger partial charge in [-0.15, -0.1) is 0 Å². The molecule has 3 nitrogen and oxygen atoms in total. The second kappa shape index (κ2) is 5.05. The Balaban J connectivity index is 1.57. The Bertz CT molecular complexity index is 694. The Morgan fingerprint density at radius 3 is 2.50 bits per heavy atom. The average molecular weight is 298 g/mol. The minimum absolute atomic E-state index is 0.0245. The Hall–Kier alpha value is -1.42. The van der Waals surface area contributed by atoms with Gasteiger partial charge in [0.15, 0.2) is 5.79 Å². The van der Waals surface area contributed by atoms with Crippen LogP contribution in [0.1, 0.15) is 26.3 Å². The van der Waals surface area contributed by atoms with E-state index < -0.39 is 5.79 Å². The molecule has 0 aromatic heterocycles. The summed E-state index contributed by atoms with van der Waals surface area (Å²) in [7, 11) is 0. The molecule has 0 saturated carbocycles. The fourth-order valence-electron chi connectivity index (χ4n) is 3.66. The van der Waals surface area contributed by atoms with Crippen LogP contribution in [0.15, 0.2) is 42.5 Å². The number of benzene rings is 2. The zero-order valence-electron chi connectivity index (χ0n) is 13.3. The summed E-state index contributed by atoms with van der Waals surface area (Å²) in [4.78, 5) is 0. The maximum Gasteiger partial charge on any atom is 0.164 e. The molecule has 2 fully saturated rings. The maximum atomic E-state index is 6.09. The second-order valence-electron chi connectivity index (χ2n) is 6.83. The van der Waals surface area contributed by atoms with Crippen LogP contribution < -0.4 is 0 Å². The lowest BCUT2D eigenvalue weighted by molar-refractivity contribution is -0.184. The normalized spacial score (nSPS) is 33.2. The molecule has 3 heteroatoms. The Kier molecular flexibility index (Phi) is 3.26. The zero-order chi connectivity index (χ0) is 15.3. The van der Waals surface area contributed by atoms with Gasteiger partial charge in [-0.05, 0) is 37.1 Å². The molecule has 4 atom stereocenters. The first-order valence-electron chi connectivity index (χ1n) is 8.01. The van der Waals surface area contributed by atoms with E-state index in [1.165, 1.54) is 16.3 Å². The molecule has 0 aliphatic carbocycles. The van der Waals surface area contributed by atoms with Gasteiger partial charge < -0.3 is 14.2 Å². The molecule has 2 heterocycles. The quantitative estimate of drug-likeness (QED) is 0.846. The van der Waals surface area contributed by atoms with E-state index in [0.717, 1.165) is 6.42 Å². The first kappa shape index (κ1) is 14.2. The second-order valence-corrected chi connectivity index (χ2v) is 6.83. The summed E-state index contributed by atoms with van der Waals surface area (Å²) in [6, 6.07) is 15.0. The Morgan fingerprint density at radius 1 is 0.955 bits per heavy atom. The van der Waals surface area contributed by atoms with Crippen LogP contribution in [-0.2, 0) is 20.6 Å². The van der Waals surface area contributed by atoms with Gasteiger partial charge in [-0.1, -0.05) is 42.5 Å². The lowest BCUT2D eigenvalue weighted by atomic mass is 9.99. The van der Waals surface area contributed by atoms with Crippen molar-refractivity contribution in [2.45, 2.75) is 57.4 Å². The van der Waals surface area contributed by atoms with Crippen molar-refractivity contribution >= 4 is 10.8 Å². The minimum atomic E-state index is -0.505. The molecule has 2 saturated heterocycles. The smallest absolute Gasteiger partial charge is 0.164 e. The summed E-state index contributed by atoms with van der Waals surface area (Å²) < 4.78 is 18.1. The van der Waals surface area contributed by atoms with Gasteiger partial charge in [0.25, 0.3) is 0 Å². The summed E-state index contributed by atoms with van der Waals surface area (Å²) in [5.41, 5.74) is 1.28. The molecule has 0 bridgehead atoms. The molecule has 0 amide bonds. The summed E-state index contributed by atoms with van der Waals surface area (Å²) in [6.07, 6.45) is 1.06. The first-order valence-corrected chi connectivity index (χ1v) is 8.01. The van der Waals surface area contributed by atoms with Crippen molar-refractivity contribution in [1.82, 2.24) is 0 Å². The van der Waals surface area contributed by atoms with E-state index in [2.05, 4.69) is 49.4 Å². The Labute approximate surface area is 131 Å². The van der Waals surface area contributed by atoms with Crippen molar-refractivity contribution in [1.29, 1.82) is 0 Å². The van der Waals surface area contributed by atoms with Crippen molar-refractivity contribution in [2.75, 3.05) is 0 Å². The van der Waals surface area contributed by atoms with Gasteiger partial charge in [0.2, 0.25) is 0 Å². The lowest BCUT2D eigenvalue weighted by Crippen LogP contribution is -2.31. The van der Waals surface area contributed by atoms with Crippen LogP contribution in [-0.4, -0.2) is 30.2 Å². The van der Waals surface area contributed by atoms with Gasteiger partial charge in [0.1, 0.15) is 12.2 Å². The Morgan fingerprint density at radius 2 is 1.68 bits per heavy atom. The number of ether oxygens (including phenoxy) is 3.